The van der Waals surface area contributed by atoms with Gasteiger partial charge in [0, 0.05) is 8.04 Å². The van der Waals surface area contributed by atoms with Crippen LogP contribution in [-0.4, -0.2) is 0 Å². The summed E-state index contributed by atoms with van der Waals surface area (Å²) in [7, 11) is 0. The second-order valence-corrected chi connectivity index (χ2v) is 4.26. The molecule has 0 N–H and O–H groups in total. The van der Waals surface area contributed by atoms with Crippen molar-refractivity contribution in [2.75, 3.05) is 0 Å². The molecule has 0 spiro atoms. The quantitative estimate of drug-likeness (QED) is 0.365. The lowest BCUT2D eigenvalue weighted by atomic mass is 10.2. The number of rotatable bonds is 0. The van der Waals surface area contributed by atoms with Crippen LogP contribution in [0, 0.1) is 9.39 Å². The number of alkyl halides is 3. The molecule has 0 heterocycles. The van der Waals surface area contributed by atoms with E-state index < -0.39 is 17.6 Å². The minimum atomic E-state index is -4.63. The van der Waals surface area contributed by atoms with Gasteiger partial charge in [-0.25, -0.2) is 4.39 Å². The largest absolute Gasteiger partial charge is 0.419 e. The van der Waals surface area contributed by atoms with E-state index in [0.717, 1.165) is 12.1 Å². The summed E-state index contributed by atoms with van der Waals surface area (Å²) < 4.78 is 49.7. The molecule has 0 atom stereocenters. The summed E-state index contributed by atoms with van der Waals surface area (Å²) in [6, 6.07) is 1.57. The number of hydrogen-bond acceptors (Lipinski definition) is 0. The average Bonchev–Trinajstić information content (AvgIpc) is 1.94. The Morgan fingerprint density at radius 3 is 2.23 bits per heavy atom. The second kappa shape index (κ2) is 3.72. The summed E-state index contributed by atoms with van der Waals surface area (Å²) in [5.74, 6) is -1.26. The summed E-state index contributed by atoms with van der Waals surface area (Å²) in [6.07, 6.45) is -4.63. The van der Waals surface area contributed by atoms with Crippen LogP contribution in [0.1, 0.15) is 5.56 Å². The van der Waals surface area contributed by atoms with Crippen molar-refractivity contribution in [2.45, 2.75) is 6.18 Å². The van der Waals surface area contributed by atoms with Gasteiger partial charge in [-0.1, -0.05) is 0 Å². The van der Waals surface area contributed by atoms with Crippen molar-refractivity contribution in [3.8, 4) is 0 Å². The van der Waals surface area contributed by atoms with Gasteiger partial charge in [0.25, 0.3) is 0 Å². The van der Waals surface area contributed by atoms with E-state index in [1.165, 1.54) is 0 Å². The van der Waals surface area contributed by atoms with Crippen molar-refractivity contribution in [2.24, 2.45) is 0 Å². The molecule has 1 aromatic rings. The van der Waals surface area contributed by atoms with Crippen molar-refractivity contribution in [1.29, 1.82) is 0 Å². The summed E-state index contributed by atoms with van der Waals surface area (Å²) in [4.78, 5) is 0. The predicted molar refractivity (Wildman–Crippen MR) is 51.8 cm³/mol. The molecule has 0 fully saturated rings. The number of halogens is 6. The normalized spacial score (nSPS) is 11.8. The molecule has 0 amide bonds. The van der Waals surface area contributed by atoms with Crippen LogP contribution in [0.15, 0.2) is 16.6 Å². The predicted octanol–water partition coefficient (Wildman–Crippen LogP) is 4.21. The number of benzene rings is 1. The highest BCUT2D eigenvalue weighted by atomic mass is 127. The molecule has 0 unspecified atom stereocenters. The fraction of sp³-hybridized carbons (Fsp3) is 0.143. The first kappa shape index (κ1) is 11.2. The second-order valence-electron chi connectivity index (χ2n) is 2.24. The smallest absolute Gasteiger partial charge is 0.206 e. The minimum absolute atomic E-state index is 0.318. The molecule has 72 valence electrons. The van der Waals surface area contributed by atoms with Crippen LogP contribution in [0.5, 0.6) is 0 Å². The van der Waals surface area contributed by atoms with Gasteiger partial charge in [0.05, 0.1) is 5.56 Å². The maximum atomic E-state index is 12.8. The maximum Gasteiger partial charge on any atom is 0.419 e. The monoisotopic (exact) mass is 368 g/mol. The third-order valence-electron chi connectivity index (χ3n) is 1.32. The molecule has 0 aliphatic carbocycles. The highest BCUT2D eigenvalue weighted by molar-refractivity contribution is 14.1. The third kappa shape index (κ3) is 2.55. The molecule has 0 saturated carbocycles. The first-order chi connectivity index (χ1) is 5.82. The lowest BCUT2D eigenvalue weighted by Crippen LogP contribution is -2.08. The van der Waals surface area contributed by atoms with E-state index in [4.69, 9.17) is 0 Å². The molecule has 6 heteroatoms. The maximum absolute atomic E-state index is 12.8. The van der Waals surface area contributed by atoms with Crippen molar-refractivity contribution in [1.82, 2.24) is 0 Å². The molecule has 0 saturated heterocycles. The highest BCUT2D eigenvalue weighted by Crippen LogP contribution is 2.34. The van der Waals surface area contributed by atoms with Crippen LogP contribution in [0.25, 0.3) is 0 Å². The minimum Gasteiger partial charge on any atom is -0.206 e. The highest BCUT2D eigenvalue weighted by Gasteiger charge is 2.34. The van der Waals surface area contributed by atoms with Crippen LogP contribution in [0.3, 0.4) is 0 Å². The molecule has 0 radical (unpaired) electrons. The topological polar surface area (TPSA) is 0 Å². The summed E-state index contributed by atoms with van der Waals surface area (Å²) in [5, 5.41) is 0. The van der Waals surface area contributed by atoms with E-state index in [-0.39, 0.29) is 0 Å². The van der Waals surface area contributed by atoms with E-state index in [1.807, 2.05) is 0 Å². The van der Waals surface area contributed by atoms with Crippen LogP contribution in [-0.2, 0) is 6.18 Å². The summed E-state index contributed by atoms with van der Waals surface area (Å²) >= 11 is 4.63. The van der Waals surface area contributed by atoms with Crippen LogP contribution in [0.4, 0.5) is 17.6 Å². The molecule has 1 rings (SSSR count). The van der Waals surface area contributed by atoms with Crippen LogP contribution in [0.2, 0.25) is 0 Å². The Bertz CT molecular complexity index is 334. The Labute approximate surface area is 93.6 Å². The van der Waals surface area contributed by atoms with Gasteiger partial charge in [0.15, 0.2) is 0 Å². The molecule has 0 aromatic heterocycles. The fourth-order valence-electron chi connectivity index (χ4n) is 0.740. The van der Waals surface area contributed by atoms with Gasteiger partial charge in [-0.15, -0.1) is 0 Å². The van der Waals surface area contributed by atoms with Gasteiger partial charge in [-0.2, -0.15) is 13.2 Å². The average molecular weight is 369 g/mol. The molecule has 0 aliphatic heterocycles. The Morgan fingerprint density at radius 2 is 1.77 bits per heavy atom. The molecular formula is C7H2BrF4I. The van der Waals surface area contributed by atoms with E-state index >= 15 is 0 Å². The van der Waals surface area contributed by atoms with E-state index in [2.05, 4.69) is 15.9 Å². The molecule has 0 nitrogen and oxygen atoms in total. The lowest BCUT2D eigenvalue weighted by Gasteiger charge is -2.08. The Morgan fingerprint density at radius 1 is 1.23 bits per heavy atom. The zero-order valence-electron chi connectivity index (χ0n) is 5.92. The van der Waals surface area contributed by atoms with Crippen molar-refractivity contribution >= 4 is 38.5 Å². The van der Waals surface area contributed by atoms with Crippen LogP contribution >= 0.6 is 38.5 Å². The zero-order valence-corrected chi connectivity index (χ0v) is 9.67. The van der Waals surface area contributed by atoms with E-state index in [1.54, 1.807) is 22.6 Å². The SMILES string of the molecule is Fc1cc(Br)c(I)cc1C(F)(F)F. The van der Waals surface area contributed by atoms with Gasteiger partial charge in [0.1, 0.15) is 5.82 Å². The Hall–Kier alpha value is 0.150. The molecule has 0 bridgehead atoms. The Kier molecular flexibility index (Phi) is 3.21. The third-order valence-corrected chi connectivity index (χ3v) is 3.61. The summed E-state index contributed by atoms with van der Waals surface area (Å²) in [5.41, 5.74) is -1.24. The van der Waals surface area contributed by atoms with Gasteiger partial charge < -0.3 is 0 Å². The first-order valence-electron chi connectivity index (χ1n) is 3.04. The fourth-order valence-corrected chi connectivity index (χ4v) is 1.52. The zero-order chi connectivity index (χ0) is 10.2. The number of hydrogen-bond donors (Lipinski definition) is 0. The Balaban J connectivity index is 3.32. The van der Waals surface area contributed by atoms with Gasteiger partial charge in [-0.05, 0) is 50.7 Å². The van der Waals surface area contributed by atoms with Crippen LogP contribution < -0.4 is 0 Å². The molecule has 1 aromatic carbocycles. The first-order valence-corrected chi connectivity index (χ1v) is 4.91. The van der Waals surface area contributed by atoms with Crippen molar-refractivity contribution in [3.05, 3.63) is 31.6 Å². The van der Waals surface area contributed by atoms with Gasteiger partial charge in [0.2, 0.25) is 0 Å². The molecule has 0 aliphatic rings. The van der Waals surface area contributed by atoms with E-state index in [9.17, 15) is 17.6 Å². The standard InChI is InChI=1S/C7H2BrF4I/c8-4-2-5(9)3(1-6(4)13)7(10,11)12/h1-2H. The summed E-state index contributed by atoms with van der Waals surface area (Å²) in [6.45, 7) is 0. The molecular weight excluding hydrogens is 367 g/mol. The lowest BCUT2D eigenvalue weighted by molar-refractivity contribution is -0.140. The van der Waals surface area contributed by atoms with E-state index in [0.29, 0.717) is 8.04 Å². The molecule has 13 heavy (non-hydrogen) atoms. The van der Waals surface area contributed by atoms with Crippen molar-refractivity contribution < 1.29 is 17.6 Å². The van der Waals surface area contributed by atoms with Gasteiger partial charge in [-0.3, -0.25) is 0 Å². The van der Waals surface area contributed by atoms with Gasteiger partial charge >= 0.3 is 6.18 Å². The van der Waals surface area contributed by atoms with Crippen molar-refractivity contribution in [3.63, 3.8) is 0 Å².